The van der Waals surface area contributed by atoms with Crippen LogP contribution in [0.3, 0.4) is 0 Å². The van der Waals surface area contributed by atoms with Gasteiger partial charge in [-0.25, -0.2) is 9.97 Å². The van der Waals surface area contributed by atoms with Gasteiger partial charge in [0, 0.05) is 22.3 Å². The average Bonchev–Trinajstić information content (AvgIpc) is 2.44. The van der Waals surface area contributed by atoms with Gasteiger partial charge in [-0.15, -0.1) is 0 Å². The Morgan fingerprint density at radius 1 is 1.10 bits per heavy atom. The lowest BCUT2D eigenvalue weighted by atomic mass is 10.0. The first-order valence-electron chi connectivity index (χ1n) is 7.46. The van der Waals surface area contributed by atoms with Gasteiger partial charge in [-0.3, -0.25) is 0 Å². The highest BCUT2D eigenvalue weighted by Gasteiger charge is 2.14. The molecule has 112 valence electrons. The quantitative estimate of drug-likeness (QED) is 0.807. The van der Waals surface area contributed by atoms with Gasteiger partial charge in [-0.2, -0.15) is 0 Å². The molecule has 3 nitrogen and oxygen atoms in total. The van der Waals surface area contributed by atoms with E-state index in [4.69, 9.17) is 0 Å². The fraction of sp³-hybridized carbons (Fsp3) is 0.412. The predicted octanol–water partition coefficient (Wildman–Crippen LogP) is 4.31. The minimum atomic E-state index is 0.379. The maximum Gasteiger partial charge on any atom is 0.192 e. The number of nitrogens with zero attached hydrogens (tertiary/aromatic N) is 2. The van der Waals surface area contributed by atoms with Crippen molar-refractivity contribution >= 4 is 11.8 Å². The normalized spacial score (nSPS) is 12.4. The molecular weight excluding hydrogens is 278 g/mol. The van der Waals surface area contributed by atoms with Crippen molar-refractivity contribution in [2.75, 3.05) is 6.54 Å². The highest BCUT2D eigenvalue weighted by Crippen LogP contribution is 2.32. The Morgan fingerprint density at radius 2 is 1.76 bits per heavy atom. The molecule has 2 rings (SSSR count). The summed E-state index contributed by atoms with van der Waals surface area (Å²) in [6, 6.07) is 10.9. The van der Waals surface area contributed by atoms with Crippen LogP contribution in [0, 0.1) is 13.8 Å². The predicted molar refractivity (Wildman–Crippen MR) is 88.8 cm³/mol. The van der Waals surface area contributed by atoms with E-state index < -0.39 is 0 Å². The number of hydrogen-bond donors (Lipinski definition) is 1. The second-order valence-corrected chi connectivity index (χ2v) is 6.10. The molecule has 0 aliphatic rings. The van der Waals surface area contributed by atoms with Crippen molar-refractivity contribution in [3.05, 3.63) is 47.3 Å². The second kappa shape index (κ2) is 7.57. The van der Waals surface area contributed by atoms with E-state index in [1.165, 1.54) is 10.5 Å². The Bertz CT molecular complexity index is 578. The SMILES string of the molecule is CCNC(CC)c1ccccc1Sc1nc(C)cc(C)n1. The minimum Gasteiger partial charge on any atom is -0.310 e. The van der Waals surface area contributed by atoms with Crippen molar-refractivity contribution in [2.24, 2.45) is 0 Å². The zero-order valence-electron chi connectivity index (χ0n) is 13.2. The smallest absolute Gasteiger partial charge is 0.192 e. The number of hydrogen-bond acceptors (Lipinski definition) is 4. The van der Waals surface area contributed by atoms with Gasteiger partial charge in [-0.1, -0.05) is 32.0 Å². The lowest BCUT2D eigenvalue weighted by Crippen LogP contribution is -2.20. The number of nitrogens with one attached hydrogen (secondary N) is 1. The van der Waals surface area contributed by atoms with E-state index in [1.807, 2.05) is 19.9 Å². The third-order valence-corrected chi connectivity index (χ3v) is 4.27. The van der Waals surface area contributed by atoms with Gasteiger partial charge in [0.05, 0.1) is 0 Å². The van der Waals surface area contributed by atoms with Crippen LogP contribution in [0.2, 0.25) is 0 Å². The first-order valence-corrected chi connectivity index (χ1v) is 8.28. The number of benzene rings is 1. The Kier molecular flexibility index (Phi) is 5.76. The molecule has 0 aliphatic carbocycles. The van der Waals surface area contributed by atoms with Crippen LogP contribution in [0.25, 0.3) is 0 Å². The second-order valence-electron chi connectivity index (χ2n) is 5.09. The molecule has 0 aliphatic heterocycles. The van der Waals surface area contributed by atoms with E-state index in [1.54, 1.807) is 11.8 Å². The van der Waals surface area contributed by atoms with Crippen molar-refractivity contribution < 1.29 is 0 Å². The third kappa shape index (κ3) is 4.29. The van der Waals surface area contributed by atoms with Crippen molar-refractivity contribution in [2.45, 2.75) is 50.2 Å². The van der Waals surface area contributed by atoms with E-state index in [2.05, 4.69) is 53.4 Å². The Labute approximate surface area is 131 Å². The van der Waals surface area contributed by atoms with Gasteiger partial charge < -0.3 is 5.32 Å². The van der Waals surface area contributed by atoms with Crippen LogP contribution in [0.4, 0.5) is 0 Å². The molecule has 2 aromatic rings. The van der Waals surface area contributed by atoms with Crippen LogP contribution in [0.1, 0.15) is 43.3 Å². The fourth-order valence-corrected chi connectivity index (χ4v) is 3.47. The summed E-state index contributed by atoms with van der Waals surface area (Å²) in [5.41, 5.74) is 3.36. The maximum absolute atomic E-state index is 4.53. The van der Waals surface area contributed by atoms with E-state index >= 15 is 0 Å². The molecule has 0 amide bonds. The monoisotopic (exact) mass is 301 g/mol. The standard InChI is InChI=1S/C17H23N3S/c1-5-15(18-6-2)14-9-7-8-10-16(14)21-17-19-12(3)11-13(4)20-17/h7-11,15,18H,5-6H2,1-4H3. The summed E-state index contributed by atoms with van der Waals surface area (Å²) >= 11 is 1.65. The third-order valence-electron chi connectivity index (χ3n) is 3.32. The first-order chi connectivity index (χ1) is 10.1. The van der Waals surface area contributed by atoms with E-state index in [0.29, 0.717) is 6.04 Å². The summed E-state index contributed by atoms with van der Waals surface area (Å²) in [5, 5.41) is 4.37. The molecular formula is C17H23N3S. The maximum atomic E-state index is 4.53. The van der Waals surface area contributed by atoms with Crippen molar-refractivity contribution in [1.82, 2.24) is 15.3 Å². The summed E-state index contributed by atoms with van der Waals surface area (Å²) in [6.07, 6.45) is 1.07. The van der Waals surface area contributed by atoms with Gasteiger partial charge >= 0.3 is 0 Å². The van der Waals surface area contributed by atoms with Gasteiger partial charge in [0.25, 0.3) is 0 Å². The molecule has 1 aromatic heterocycles. The lowest BCUT2D eigenvalue weighted by Gasteiger charge is -2.19. The Hall–Kier alpha value is -1.39. The van der Waals surface area contributed by atoms with Crippen molar-refractivity contribution in [3.63, 3.8) is 0 Å². The number of aryl methyl sites for hydroxylation is 2. The molecule has 0 radical (unpaired) electrons. The zero-order valence-corrected chi connectivity index (χ0v) is 14.0. The highest BCUT2D eigenvalue weighted by molar-refractivity contribution is 7.99. The molecule has 0 saturated carbocycles. The summed E-state index contributed by atoms with van der Waals surface area (Å²) in [5.74, 6) is 0. The molecule has 4 heteroatoms. The topological polar surface area (TPSA) is 37.8 Å². The number of rotatable bonds is 6. The molecule has 1 unspecified atom stereocenters. The van der Waals surface area contributed by atoms with Crippen LogP contribution in [-0.4, -0.2) is 16.5 Å². The molecule has 0 bridgehead atoms. The van der Waals surface area contributed by atoms with Crippen molar-refractivity contribution in [3.8, 4) is 0 Å². The minimum absolute atomic E-state index is 0.379. The summed E-state index contributed by atoms with van der Waals surface area (Å²) < 4.78 is 0. The van der Waals surface area contributed by atoms with E-state index in [0.717, 1.165) is 29.5 Å². The fourth-order valence-electron chi connectivity index (χ4n) is 2.42. The van der Waals surface area contributed by atoms with Crippen LogP contribution >= 0.6 is 11.8 Å². The van der Waals surface area contributed by atoms with E-state index in [-0.39, 0.29) is 0 Å². The zero-order chi connectivity index (χ0) is 15.2. The van der Waals surface area contributed by atoms with Gasteiger partial charge in [-0.05, 0) is 56.3 Å². The summed E-state index contributed by atoms with van der Waals surface area (Å²) in [7, 11) is 0. The molecule has 1 aromatic carbocycles. The molecule has 1 N–H and O–H groups in total. The Morgan fingerprint density at radius 3 is 2.38 bits per heavy atom. The van der Waals surface area contributed by atoms with Crippen molar-refractivity contribution in [1.29, 1.82) is 0 Å². The first kappa shape index (κ1) is 16.0. The summed E-state index contributed by atoms with van der Waals surface area (Å²) in [6.45, 7) is 9.35. The van der Waals surface area contributed by atoms with Crippen LogP contribution in [0.15, 0.2) is 40.4 Å². The van der Waals surface area contributed by atoms with Crippen LogP contribution < -0.4 is 5.32 Å². The van der Waals surface area contributed by atoms with Gasteiger partial charge in [0.15, 0.2) is 5.16 Å². The Balaban J connectivity index is 2.31. The van der Waals surface area contributed by atoms with E-state index in [9.17, 15) is 0 Å². The highest BCUT2D eigenvalue weighted by atomic mass is 32.2. The van der Waals surface area contributed by atoms with Gasteiger partial charge in [0.1, 0.15) is 0 Å². The van der Waals surface area contributed by atoms with Crippen LogP contribution in [-0.2, 0) is 0 Å². The van der Waals surface area contributed by atoms with Crippen LogP contribution in [0.5, 0.6) is 0 Å². The van der Waals surface area contributed by atoms with Gasteiger partial charge in [0.2, 0.25) is 0 Å². The average molecular weight is 301 g/mol. The lowest BCUT2D eigenvalue weighted by molar-refractivity contribution is 0.530. The molecule has 21 heavy (non-hydrogen) atoms. The number of aromatic nitrogens is 2. The molecule has 1 heterocycles. The molecule has 0 saturated heterocycles. The molecule has 0 fully saturated rings. The summed E-state index contributed by atoms with van der Waals surface area (Å²) in [4.78, 5) is 10.3. The molecule has 0 spiro atoms. The largest absolute Gasteiger partial charge is 0.310 e. The molecule has 1 atom stereocenters.